The van der Waals surface area contributed by atoms with Crippen molar-refractivity contribution in [2.24, 2.45) is 0 Å². The van der Waals surface area contributed by atoms with Crippen LogP contribution in [0.25, 0.3) is 0 Å². The van der Waals surface area contributed by atoms with Crippen molar-refractivity contribution in [3.05, 3.63) is 134 Å². The zero-order valence-electron chi connectivity index (χ0n) is 29.0. The van der Waals surface area contributed by atoms with E-state index in [4.69, 9.17) is 27.4 Å². The Balaban J connectivity index is 0.000000267. The molecule has 0 heterocycles. The zero-order chi connectivity index (χ0) is 34.7. The SMILES string of the molecule is CCN(CC)C(=S)Cc1cc(C)c(C(=O)OCc2ccc(C)cc2)cc1C.Cc1ccc(COC(=O)c2cc(C)c(N)cc2C)cc1. The molecule has 4 aromatic rings. The molecule has 0 aliphatic carbocycles. The summed E-state index contributed by atoms with van der Waals surface area (Å²) in [5, 5.41) is 0. The van der Waals surface area contributed by atoms with Gasteiger partial charge in [-0.15, -0.1) is 0 Å². The molecule has 0 unspecified atom stereocenters. The van der Waals surface area contributed by atoms with Crippen molar-refractivity contribution in [1.82, 2.24) is 4.90 Å². The number of hydrogen-bond acceptors (Lipinski definition) is 6. The molecule has 2 N–H and O–H groups in total. The Bertz CT molecular complexity index is 1690. The van der Waals surface area contributed by atoms with Gasteiger partial charge >= 0.3 is 11.9 Å². The summed E-state index contributed by atoms with van der Waals surface area (Å²) in [5.41, 5.74) is 16.9. The van der Waals surface area contributed by atoms with Crippen LogP contribution < -0.4 is 5.73 Å². The number of nitrogens with zero attached hydrogens (tertiary/aromatic N) is 1. The summed E-state index contributed by atoms with van der Waals surface area (Å²) in [6, 6.07) is 23.5. The molecule has 47 heavy (non-hydrogen) atoms. The summed E-state index contributed by atoms with van der Waals surface area (Å²) < 4.78 is 10.9. The molecular formula is C40H48N2O4S. The Labute approximate surface area is 285 Å². The first-order valence-corrected chi connectivity index (χ1v) is 16.4. The van der Waals surface area contributed by atoms with Crippen molar-refractivity contribution in [3.63, 3.8) is 0 Å². The van der Waals surface area contributed by atoms with Crippen molar-refractivity contribution >= 4 is 34.8 Å². The van der Waals surface area contributed by atoms with Gasteiger partial charge in [-0.05, 0) is 113 Å². The van der Waals surface area contributed by atoms with Gasteiger partial charge in [-0.1, -0.05) is 77.9 Å². The summed E-state index contributed by atoms with van der Waals surface area (Å²) in [4.78, 5) is 27.8. The van der Waals surface area contributed by atoms with Crippen LogP contribution in [0.1, 0.15) is 84.6 Å². The lowest BCUT2D eigenvalue weighted by atomic mass is 9.97. The predicted molar refractivity (Wildman–Crippen MR) is 196 cm³/mol. The monoisotopic (exact) mass is 652 g/mol. The van der Waals surface area contributed by atoms with Crippen LogP contribution in [-0.2, 0) is 29.1 Å². The smallest absolute Gasteiger partial charge is 0.338 e. The molecule has 0 aliphatic heterocycles. The van der Waals surface area contributed by atoms with Crippen LogP contribution in [0.15, 0.2) is 72.8 Å². The highest BCUT2D eigenvalue weighted by atomic mass is 32.1. The Morgan fingerprint density at radius 1 is 0.638 bits per heavy atom. The Kier molecular flexibility index (Phi) is 13.7. The molecule has 0 amide bonds. The van der Waals surface area contributed by atoms with Crippen LogP contribution in [-0.4, -0.2) is 34.9 Å². The van der Waals surface area contributed by atoms with Gasteiger partial charge in [0, 0.05) is 25.2 Å². The van der Waals surface area contributed by atoms with E-state index < -0.39 is 0 Å². The number of ether oxygens (including phenoxy) is 2. The molecule has 0 saturated carbocycles. The summed E-state index contributed by atoms with van der Waals surface area (Å²) in [6.07, 6.45) is 0.725. The van der Waals surface area contributed by atoms with Gasteiger partial charge in [0.2, 0.25) is 0 Å². The number of carbonyl (C=O) groups is 2. The van der Waals surface area contributed by atoms with Crippen molar-refractivity contribution in [1.29, 1.82) is 0 Å². The average Bonchev–Trinajstić information content (AvgIpc) is 3.04. The molecule has 0 atom stereocenters. The van der Waals surface area contributed by atoms with E-state index in [1.807, 2.05) is 96.1 Å². The second kappa shape index (κ2) is 17.4. The lowest BCUT2D eigenvalue weighted by molar-refractivity contribution is 0.0463. The Hall–Kier alpha value is -4.49. The zero-order valence-corrected chi connectivity index (χ0v) is 29.8. The lowest BCUT2D eigenvalue weighted by Gasteiger charge is -2.22. The fourth-order valence-corrected chi connectivity index (χ4v) is 5.43. The van der Waals surface area contributed by atoms with Gasteiger partial charge in [0.1, 0.15) is 13.2 Å². The standard InChI is InChI=1S/C23H29NO2S.C17H19NO2/c1-6-24(7-2)22(27)14-20-12-18(5)21(13-17(20)4)23(25)26-15-19-10-8-16(3)9-11-19;1-11-4-6-14(7-5-11)10-20-17(19)15-8-13(3)16(18)9-12(15)2/h8-13H,6-7,14-15H2,1-5H3;4-9H,10,18H2,1-3H3. The van der Waals surface area contributed by atoms with E-state index in [2.05, 4.69) is 24.8 Å². The van der Waals surface area contributed by atoms with E-state index in [1.165, 1.54) is 16.7 Å². The van der Waals surface area contributed by atoms with Gasteiger partial charge in [0.05, 0.1) is 16.1 Å². The highest BCUT2D eigenvalue weighted by Crippen LogP contribution is 2.21. The van der Waals surface area contributed by atoms with Gasteiger partial charge in [-0.2, -0.15) is 0 Å². The molecule has 248 valence electrons. The third-order valence-electron chi connectivity index (χ3n) is 8.17. The molecule has 0 aliphatic rings. The first-order chi connectivity index (χ1) is 22.3. The van der Waals surface area contributed by atoms with E-state index in [-0.39, 0.29) is 25.2 Å². The van der Waals surface area contributed by atoms with Crippen molar-refractivity contribution in [3.8, 4) is 0 Å². The highest BCUT2D eigenvalue weighted by Gasteiger charge is 2.16. The van der Waals surface area contributed by atoms with Crippen molar-refractivity contribution < 1.29 is 19.1 Å². The van der Waals surface area contributed by atoms with E-state index >= 15 is 0 Å². The number of anilines is 1. The number of carbonyl (C=O) groups excluding carboxylic acids is 2. The summed E-state index contributed by atoms with van der Waals surface area (Å²) in [6.45, 7) is 18.4. The first kappa shape index (κ1) is 37.0. The lowest BCUT2D eigenvalue weighted by Crippen LogP contribution is -2.30. The molecule has 6 nitrogen and oxygen atoms in total. The third kappa shape index (κ3) is 10.8. The van der Waals surface area contributed by atoms with Crippen molar-refractivity contribution in [2.75, 3.05) is 18.8 Å². The fraction of sp³-hybridized carbons (Fsp3) is 0.325. The first-order valence-electron chi connectivity index (χ1n) is 16.0. The minimum Gasteiger partial charge on any atom is -0.457 e. The molecule has 4 aromatic carbocycles. The quantitative estimate of drug-likeness (QED) is 0.104. The van der Waals surface area contributed by atoms with E-state index in [0.717, 1.165) is 57.9 Å². The highest BCUT2D eigenvalue weighted by molar-refractivity contribution is 7.80. The number of rotatable bonds is 10. The molecule has 0 bridgehead atoms. The topological polar surface area (TPSA) is 81.9 Å². The van der Waals surface area contributed by atoms with Crippen LogP contribution in [0.3, 0.4) is 0 Å². The maximum absolute atomic E-state index is 12.5. The van der Waals surface area contributed by atoms with E-state index in [0.29, 0.717) is 16.8 Å². The number of esters is 2. The molecule has 7 heteroatoms. The number of nitrogens with two attached hydrogens (primary N) is 1. The van der Waals surface area contributed by atoms with Crippen molar-refractivity contribution in [2.45, 2.75) is 75.0 Å². The molecule has 0 aromatic heterocycles. The number of thiocarbonyl (C=S) groups is 1. The van der Waals surface area contributed by atoms with Gasteiger partial charge in [-0.3, -0.25) is 0 Å². The molecule has 4 rings (SSSR count). The number of hydrogen-bond donors (Lipinski definition) is 1. The Morgan fingerprint density at radius 3 is 1.51 bits per heavy atom. The molecule has 0 spiro atoms. The molecule has 0 fully saturated rings. The summed E-state index contributed by atoms with van der Waals surface area (Å²) in [7, 11) is 0. The van der Waals surface area contributed by atoms with Gasteiger partial charge in [0.25, 0.3) is 0 Å². The fourth-order valence-electron chi connectivity index (χ4n) is 5.02. The second-order valence-electron chi connectivity index (χ2n) is 12.0. The molecule has 0 radical (unpaired) electrons. The van der Waals surface area contributed by atoms with E-state index in [1.54, 1.807) is 12.1 Å². The van der Waals surface area contributed by atoms with E-state index in [9.17, 15) is 9.59 Å². The maximum Gasteiger partial charge on any atom is 0.338 e. The summed E-state index contributed by atoms with van der Waals surface area (Å²) >= 11 is 5.58. The minimum absolute atomic E-state index is 0.280. The number of benzene rings is 4. The number of likely N-dealkylation sites (N-methyl/N-ethyl adjacent to an activating group) is 1. The molecule has 0 saturated heterocycles. The predicted octanol–water partition coefficient (Wildman–Crippen LogP) is 8.73. The average molecular weight is 653 g/mol. The minimum atomic E-state index is -0.314. The Morgan fingerprint density at radius 2 is 1.06 bits per heavy atom. The number of nitrogen functional groups attached to an aromatic ring is 1. The summed E-state index contributed by atoms with van der Waals surface area (Å²) in [5.74, 6) is -0.597. The normalized spacial score (nSPS) is 10.5. The number of aryl methyl sites for hydroxylation is 6. The van der Waals surface area contributed by atoms with Crippen LogP contribution in [0.5, 0.6) is 0 Å². The van der Waals surface area contributed by atoms with Crippen LogP contribution in [0.2, 0.25) is 0 Å². The van der Waals surface area contributed by atoms with Crippen LogP contribution >= 0.6 is 12.2 Å². The van der Waals surface area contributed by atoms with Gasteiger partial charge in [-0.25, -0.2) is 9.59 Å². The third-order valence-corrected chi connectivity index (χ3v) is 8.58. The largest absolute Gasteiger partial charge is 0.457 e. The van der Waals surface area contributed by atoms with Gasteiger partial charge in [0.15, 0.2) is 0 Å². The second-order valence-corrected chi connectivity index (χ2v) is 12.5. The van der Waals surface area contributed by atoms with Crippen LogP contribution in [0.4, 0.5) is 5.69 Å². The molecular weight excluding hydrogens is 605 g/mol. The maximum atomic E-state index is 12.5. The van der Waals surface area contributed by atoms with Crippen LogP contribution in [0, 0.1) is 41.5 Å². The van der Waals surface area contributed by atoms with Gasteiger partial charge < -0.3 is 20.1 Å².